The summed E-state index contributed by atoms with van der Waals surface area (Å²) < 4.78 is 94.3. The number of methoxy groups -OCH3 is 1. The number of sulfonamides is 1. The third-order valence-corrected chi connectivity index (χ3v) is 14.9. The van der Waals surface area contributed by atoms with Crippen molar-refractivity contribution in [1.29, 1.82) is 0 Å². The Hall–Kier alpha value is -4.65. The van der Waals surface area contributed by atoms with Gasteiger partial charge in [0.25, 0.3) is 5.91 Å². The summed E-state index contributed by atoms with van der Waals surface area (Å²) in [6.45, 7) is 3.20. The highest BCUT2D eigenvalue weighted by atomic mass is 32.2. The van der Waals surface area contributed by atoms with E-state index in [1.54, 1.807) is 19.1 Å². The van der Waals surface area contributed by atoms with Gasteiger partial charge in [-0.25, -0.2) is 18.2 Å². The smallest absolute Gasteiger partial charge is 0.437 e. The molecule has 6 aliphatic rings. The zero-order valence-corrected chi connectivity index (χ0v) is 33.9. The van der Waals surface area contributed by atoms with E-state index in [4.69, 9.17) is 18.9 Å². The van der Waals surface area contributed by atoms with Gasteiger partial charge in [-0.15, -0.1) is 0 Å². The first-order chi connectivity index (χ1) is 27.8. The number of aromatic nitrogens is 1. The molecule has 2 aliphatic carbocycles. The molecule has 19 heteroatoms. The molecule has 3 N–H and O–H groups in total. The number of nitrogens with zero attached hydrogens (tertiary/aromatic N) is 2. The lowest BCUT2D eigenvalue weighted by Crippen LogP contribution is -2.59. The van der Waals surface area contributed by atoms with Gasteiger partial charge in [-0.2, -0.15) is 13.2 Å². The minimum Gasteiger partial charge on any atom is -0.497 e. The van der Waals surface area contributed by atoms with Crippen molar-refractivity contribution in [3.05, 3.63) is 41.6 Å². The minimum absolute atomic E-state index is 0.0610. The summed E-state index contributed by atoms with van der Waals surface area (Å²) in [7, 11) is -2.67. The van der Waals surface area contributed by atoms with Gasteiger partial charge >= 0.3 is 12.3 Å². The zero-order chi connectivity index (χ0) is 42.2. The SMILES string of the molecule is COc1ccc2nc(C(F)(F)F)c3c(c2c1)CC[C@]1(C[C@H]2C(=O)N[C@]4(C(=O)NS(=O)(=O)C5(C)CC5)C[C@H]4/C=C\CCCCC[C@H](NC(=O)OC4(C)COC4)C(=O)N2C1)O3. The Labute approximate surface area is 339 Å². The number of fused-ring (bicyclic) bond motifs is 5. The van der Waals surface area contributed by atoms with Gasteiger partial charge in [-0.05, 0) is 83.4 Å². The molecule has 0 radical (unpaired) electrons. The van der Waals surface area contributed by atoms with E-state index in [2.05, 4.69) is 20.3 Å². The van der Waals surface area contributed by atoms with Crippen molar-refractivity contribution < 1.29 is 59.7 Å². The molecule has 4 aliphatic heterocycles. The maximum absolute atomic E-state index is 14.8. The van der Waals surface area contributed by atoms with Crippen LogP contribution in [0.2, 0.25) is 0 Å². The van der Waals surface area contributed by atoms with Crippen molar-refractivity contribution in [2.75, 3.05) is 26.9 Å². The third kappa shape index (κ3) is 7.68. The van der Waals surface area contributed by atoms with Crippen molar-refractivity contribution >= 4 is 44.7 Å². The summed E-state index contributed by atoms with van der Waals surface area (Å²) in [6.07, 6.45) is 1.14. The lowest BCUT2D eigenvalue weighted by Gasteiger charge is -2.38. The second-order valence-corrected chi connectivity index (χ2v) is 19.6. The zero-order valence-electron chi connectivity index (χ0n) is 33.0. The van der Waals surface area contributed by atoms with Crippen LogP contribution < -0.4 is 24.8 Å². The number of alkyl halides is 3. The maximum Gasteiger partial charge on any atom is 0.437 e. The first-order valence-corrected chi connectivity index (χ1v) is 21.5. The van der Waals surface area contributed by atoms with Crippen LogP contribution in [0.15, 0.2) is 30.4 Å². The molecule has 0 unspecified atom stereocenters. The van der Waals surface area contributed by atoms with Gasteiger partial charge < -0.3 is 34.5 Å². The Morgan fingerprint density at radius 1 is 1.07 bits per heavy atom. The summed E-state index contributed by atoms with van der Waals surface area (Å²) in [5.41, 5.74) is -5.03. The molecule has 5 heterocycles. The summed E-state index contributed by atoms with van der Waals surface area (Å²) in [5.74, 6) is -3.11. The Bertz CT molecular complexity index is 2230. The number of rotatable bonds is 6. The molecule has 2 saturated heterocycles. The van der Waals surface area contributed by atoms with Gasteiger partial charge in [0.15, 0.2) is 17.0 Å². The van der Waals surface area contributed by atoms with Crippen LogP contribution in [0, 0.1) is 5.92 Å². The lowest BCUT2D eigenvalue weighted by molar-refractivity contribution is -0.167. The van der Waals surface area contributed by atoms with E-state index in [9.17, 15) is 40.8 Å². The van der Waals surface area contributed by atoms with Crippen LogP contribution in [-0.4, -0.2) is 103 Å². The highest BCUT2D eigenvalue weighted by molar-refractivity contribution is 7.91. The maximum atomic E-state index is 14.8. The van der Waals surface area contributed by atoms with Gasteiger partial charge in [-0.3, -0.25) is 19.1 Å². The molecular formula is C40H48F3N5O10S. The molecular weight excluding hydrogens is 800 g/mol. The average molecular weight is 848 g/mol. The van der Waals surface area contributed by atoms with E-state index in [1.165, 1.54) is 31.1 Å². The molecule has 4 fully saturated rings. The number of hydrogen-bond donors (Lipinski definition) is 3. The number of halogens is 3. The van der Waals surface area contributed by atoms with Crippen LogP contribution in [0.25, 0.3) is 10.9 Å². The van der Waals surface area contributed by atoms with Gasteiger partial charge in [0, 0.05) is 23.3 Å². The molecule has 2 aromatic rings. The van der Waals surface area contributed by atoms with Crippen molar-refractivity contribution in [3.8, 4) is 11.5 Å². The second kappa shape index (κ2) is 14.5. The topological polar surface area (TPSA) is 192 Å². The summed E-state index contributed by atoms with van der Waals surface area (Å²) in [6, 6.07) is 1.92. The normalized spacial score (nSPS) is 30.5. The largest absolute Gasteiger partial charge is 0.497 e. The Kier molecular flexibility index (Phi) is 10.1. The van der Waals surface area contributed by atoms with Crippen LogP contribution in [-0.2, 0) is 46.5 Å². The number of amides is 4. The molecule has 1 aromatic carbocycles. The van der Waals surface area contributed by atoms with Gasteiger partial charge in [0.05, 0.1) is 37.1 Å². The molecule has 1 spiro atoms. The molecule has 1 aromatic heterocycles. The first-order valence-electron chi connectivity index (χ1n) is 20.0. The number of ether oxygens (including phenoxy) is 4. The highest BCUT2D eigenvalue weighted by Crippen LogP contribution is 2.50. The van der Waals surface area contributed by atoms with E-state index < -0.39 is 90.9 Å². The molecule has 4 amide bonds. The lowest BCUT2D eigenvalue weighted by atomic mass is 9.87. The minimum atomic E-state index is -4.93. The average Bonchev–Trinajstić information content (AvgIpc) is 4.06. The molecule has 0 bridgehead atoms. The first kappa shape index (κ1) is 41.1. The van der Waals surface area contributed by atoms with Crippen LogP contribution in [0.5, 0.6) is 11.5 Å². The summed E-state index contributed by atoms with van der Waals surface area (Å²) in [5, 5.41) is 5.86. The van der Waals surface area contributed by atoms with E-state index in [0.717, 1.165) is 0 Å². The van der Waals surface area contributed by atoms with Crippen LogP contribution in [0.1, 0.15) is 89.3 Å². The highest BCUT2D eigenvalue weighted by Gasteiger charge is 2.64. The number of carbonyl (C=O) groups excluding carboxylic acids is 4. The molecule has 2 saturated carbocycles. The second-order valence-electron chi connectivity index (χ2n) is 17.4. The number of pyridine rings is 1. The molecule has 320 valence electrons. The van der Waals surface area contributed by atoms with Gasteiger partial charge in [0.1, 0.15) is 29.0 Å². The quantitative estimate of drug-likeness (QED) is 0.353. The van der Waals surface area contributed by atoms with E-state index in [0.29, 0.717) is 49.7 Å². The summed E-state index contributed by atoms with van der Waals surface area (Å²) in [4.78, 5) is 61.8. The molecule has 59 heavy (non-hydrogen) atoms. The number of carbonyl (C=O) groups is 4. The predicted molar refractivity (Wildman–Crippen MR) is 204 cm³/mol. The van der Waals surface area contributed by atoms with E-state index >= 15 is 0 Å². The van der Waals surface area contributed by atoms with Crippen LogP contribution in [0.3, 0.4) is 0 Å². The fourth-order valence-electron chi connectivity index (χ4n) is 8.67. The predicted octanol–water partition coefficient (Wildman–Crippen LogP) is 4.20. The van der Waals surface area contributed by atoms with Gasteiger partial charge in [0.2, 0.25) is 21.8 Å². The fourth-order valence-corrected chi connectivity index (χ4v) is 9.98. The Morgan fingerprint density at radius 2 is 1.83 bits per heavy atom. The van der Waals surface area contributed by atoms with E-state index in [1.807, 2.05) is 6.08 Å². The number of hydrogen-bond acceptors (Lipinski definition) is 11. The van der Waals surface area contributed by atoms with Crippen molar-refractivity contribution in [2.24, 2.45) is 5.92 Å². The van der Waals surface area contributed by atoms with Crippen molar-refractivity contribution in [2.45, 2.75) is 124 Å². The van der Waals surface area contributed by atoms with Crippen LogP contribution >= 0.6 is 0 Å². The summed E-state index contributed by atoms with van der Waals surface area (Å²) >= 11 is 0. The number of aryl methyl sites for hydroxylation is 1. The standard InChI is InChI=1S/C40H48F3N5O10S/c1-36(21-56-22-36)58-35(52)45-28-10-8-6-4-5-7-9-23-18-39(23,34(51)47-59(53,54)37(2)15-16-37)46-32(49)29-19-38(20-48(29)33(28)50)14-13-25-26-17-24(55-3)11-12-27(26)44-31(30(25)57-38)40(41,42)43/h7,9,11-12,17,23,28-29H,4-6,8,10,13-16,18-22H2,1-3H3,(H,45,52)(H,46,49)(H,47,51)/b9-7-/t23-,28+,29+,38-,39-/m1/s1. The monoisotopic (exact) mass is 847 g/mol. The Balaban J connectivity index is 1.16. The van der Waals surface area contributed by atoms with Crippen molar-refractivity contribution in [1.82, 2.24) is 25.2 Å². The molecule has 15 nitrogen and oxygen atoms in total. The number of alkyl carbamates (subject to hydrolysis) is 1. The fraction of sp³-hybridized carbons (Fsp3) is 0.625. The number of benzene rings is 1. The molecule has 8 rings (SSSR count). The molecule has 5 atom stereocenters. The van der Waals surface area contributed by atoms with Crippen LogP contribution in [0.4, 0.5) is 18.0 Å². The van der Waals surface area contributed by atoms with Gasteiger partial charge in [-0.1, -0.05) is 25.0 Å². The Morgan fingerprint density at radius 3 is 2.51 bits per heavy atom. The third-order valence-electron chi connectivity index (χ3n) is 12.7. The number of nitrogens with one attached hydrogen (secondary N) is 3. The van der Waals surface area contributed by atoms with Crippen molar-refractivity contribution in [3.63, 3.8) is 0 Å². The number of allylic oxidation sites excluding steroid dienone is 1. The van der Waals surface area contributed by atoms with E-state index in [-0.39, 0.29) is 62.9 Å².